The molecule has 1 amide bonds. The van der Waals surface area contributed by atoms with Crippen molar-refractivity contribution >= 4 is 38.0 Å². The number of carbonyl (C=O) groups excluding carboxylic acids is 1. The maximum absolute atomic E-state index is 14.0. The molecule has 0 aliphatic heterocycles. The van der Waals surface area contributed by atoms with E-state index in [0.717, 1.165) is 35.6 Å². The number of hydrogen-bond donors (Lipinski definition) is 1. The topological polar surface area (TPSA) is 88.6 Å². The molecule has 0 fully saturated rings. The average molecular weight is 586 g/mol. The van der Waals surface area contributed by atoms with Gasteiger partial charge in [0.25, 0.3) is 5.91 Å². The van der Waals surface area contributed by atoms with Gasteiger partial charge in [-0.15, -0.1) is 11.3 Å². The molecular weight excluding hydrogens is 558 g/mol. The highest BCUT2D eigenvalue weighted by atomic mass is 32.2. The highest BCUT2D eigenvalue weighted by molar-refractivity contribution is 7.89. The zero-order chi connectivity index (χ0) is 28.8. The quantitative estimate of drug-likeness (QED) is 0.209. The van der Waals surface area contributed by atoms with Gasteiger partial charge < -0.3 is 4.74 Å². The molecule has 3 rings (SSSR count). The Balaban J connectivity index is 1.83. The molecule has 39 heavy (non-hydrogen) atoms. The Hall–Kier alpha value is -3.29. The number of anilines is 1. The van der Waals surface area contributed by atoms with Crippen LogP contribution in [0.15, 0.2) is 58.8 Å². The van der Waals surface area contributed by atoms with E-state index in [2.05, 4.69) is 10.3 Å². The van der Waals surface area contributed by atoms with E-state index in [1.54, 1.807) is 6.07 Å². The third-order valence-electron chi connectivity index (χ3n) is 5.51. The molecule has 1 heterocycles. The second-order valence-electron chi connectivity index (χ2n) is 8.36. The Kier molecular flexibility index (Phi) is 9.86. The van der Waals surface area contributed by atoms with Gasteiger partial charge >= 0.3 is 6.18 Å². The fraction of sp³-hybridized carbons (Fsp3) is 0.308. The van der Waals surface area contributed by atoms with Crippen molar-refractivity contribution < 1.29 is 35.5 Å². The highest BCUT2D eigenvalue weighted by Gasteiger charge is 2.36. The maximum Gasteiger partial charge on any atom is 0.417 e. The number of halogens is 4. The first-order valence-electron chi connectivity index (χ1n) is 11.9. The van der Waals surface area contributed by atoms with Crippen LogP contribution in [0.5, 0.6) is 5.75 Å². The Labute approximate surface area is 228 Å². The molecule has 1 N–H and O–H groups in total. The van der Waals surface area contributed by atoms with Crippen LogP contribution in [0, 0.1) is 5.82 Å². The number of hydrogen-bond acceptors (Lipinski definition) is 6. The summed E-state index contributed by atoms with van der Waals surface area (Å²) in [6, 6.07) is 8.39. The third-order valence-corrected chi connectivity index (χ3v) is 8.18. The van der Waals surface area contributed by atoms with Crippen molar-refractivity contribution in [2.24, 2.45) is 0 Å². The number of rotatable bonds is 11. The van der Waals surface area contributed by atoms with Gasteiger partial charge in [0.15, 0.2) is 16.7 Å². The van der Waals surface area contributed by atoms with E-state index in [-0.39, 0.29) is 34.4 Å². The van der Waals surface area contributed by atoms with E-state index in [1.807, 2.05) is 13.8 Å². The standard InChI is InChI=1S/C26H27F4N3O4S2/c1-4-12-33(13-5-2)39(35,36)19-9-6-17(7-10-19)20(26(28,29)30)15-24(34)32-25-31-22(16-38-25)18-8-11-23(37-3)21(27)14-18/h6-11,14-16H,4-5,12-13H2,1-3H3,(H,31,32,34)/b20-15-. The van der Waals surface area contributed by atoms with Crippen molar-refractivity contribution in [1.82, 2.24) is 9.29 Å². The van der Waals surface area contributed by atoms with Crippen LogP contribution in [0.25, 0.3) is 16.8 Å². The van der Waals surface area contributed by atoms with Crippen LogP contribution in [-0.2, 0) is 14.8 Å². The van der Waals surface area contributed by atoms with Gasteiger partial charge in [-0.2, -0.15) is 17.5 Å². The number of ether oxygens (including phenoxy) is 1. The van der Waals surface area contributed by atoms with E-state index in [1.165, 1.54) is 28.9 Å². The van der Waals surface area contributed by atoms with E-state index >= 15 is 0 Å². The molecule has 2 aromatic carbocycles. The molecule has 7 nitrogen and oxygen atoms in total. The summed E-state index contributed by atoms with van der Waals surface area (Å²) in [5, 5.41) is 3.82. The second kappa shape index (κ2) is 12.7. The summed E-state index contributed by atoms with van der Waals surface area (Å²) in [5.41, 5.74) is -0.920. The number of nitrogens with one attached hydrogen (secondary N) is 1. The Morgan fingerprint density at radius 1 is 1.10 bits per heavy atom. The van der Waals surface area contributed by atoms with E-state index in [9.17, 15) is 30.8 Å². The minimum atomic E-state index is -4.90. The Bertz CT molecular complexity index is 1430. The van der Waals surface area contributed by atoms with Gasteiger partial charge in [-0.05, 0) is 48.7 Å². The molecule has 0 atom stereocenters. The van der Waals surface area contributed by atoms with Gasteiger partial charge in [0.1, 0.15) is 0 Å². The van der Waals surface area contributed by atoms with Gasteiger partial charge in [-0.3, -0.25) is 10.1 Å². The van der Waals surface area contributed by atoms with Crippen LogP contribution < -0.4 is 10.1 Å². The van der Waals surface area contributed by atoms with Crippen molar-refractivity contribution in [2.75, 3.05) is 25.5 Å². The molecule has 0 saturated carbocycles. The lowest BCUT2D eigenvalue weighted by atomic mass is 10.1. The van der Waals surface area contributed by atoms with Gasteiger partial charge in [0.05, 0.1) is 23.3 Å². The van der Waals surface area contributed by atoms with Crippen LogP contribution in [0.1, 0.15) is 32.3 Å². The molecule has 13 heteroatoms. The zero-order valence-electron chi connectivity index (χ0n) is 21.4. The monoisotopic (exact) mass is 585 g/mol. The number of thiazole rings is 1. The second-order valence-corrected chi connectivity index (χ2v) is 11.2. The summed E-state index contributed by atoms with van der Waals surface area (Å²) in [6.07, 6.45) is -3.34. The molecule has 0 unspecified atom stereocenters. The summed E-state index contributed by atoms with van der Waals surface area (Å²) < 4.78 is 87.6. The number of methoxy groups -OCH3 is 1. The van der Waals surface area contributed by atoms with Crippen molar-refractivity contribution in [3.63, 3.8) is 0 Å². The molecule has 0 aliphatic rings. The van der Waals surface area contributed by atoms with Crippen LogP contribution >= 0.6 is 11.3 Å². The predicted octanol–water partition coefficient (Wildman–Crippen LogP) is 6.35. The summed E-state index contributed by atoms with van der Waals surface area (Å²) in [5.74, 6) is -1.66. The highest BCUT2D eigenvalue weighted by Crippen LogP contribution is 2.35. The minimum Gasteiger partial charge on any atom is -0.494 e. The smallest absolute Gasteiger partial charge is 0.417 e. The third kappa shape index (κ3) is 7.43. The first kappa shape index (κ1) is 30.3. The largest absolute Gasteiger partial charge is 0.494 e. The summed E-state index contributed by atoms with van der Waals surface area (Å²) >= 11 is 0.956. The number of carbonyl (C=O) groups is 1. The average Bonchev–Trinajstić information content (AvgIpc) is 3.35. The first-order chi connectivity index (χ1) is 18.4. The summed E-state index contributed by atoms with van der Waals surface area (Å²) in [4.78, 5) is 16.5. The van der Waals surface area contributed by atoms with Crippen molar-refractivity contribution in [3.05, 3.63) is 65.3 Å². The molecule has 210 valence electrons. The van der Waals surface area contributed by atoms with Crippen molar-refractivity contribution in [3.8, 4) is 17.0 Å². The number of nitrogens with zero attached hydrogens (tertiary/aromatic N) is 2. The number of sulfonamides is 1. The van der Waals surface area contributed by atoms with Gasteiger partial charge in [-0.1, -0.05) is 26.0 Å². The van der Waals surface area contributed by atoms with E-state index < -0.39 is 33.5 Å². The zero-order valence-corrected chi connectivity index (χ0v) is 23.0. The fourth-order valence-corrected chi connectivity index (χ4v) is 6.04. The van der Waals surface area contributed by atoms with Crippen LogP contribution in [0.4, 0.5) is 22.7 Å². The first-order valence-corrected chi connectivity index (χ1v) is 14.2. The molecule has 0 bridgehead atoms. The van der Waals surface area contributed by atoms with Crippen LogP contribution in [0.2, 0.25) is 0 Å². The van der Waals surface area contributed by atoms with Crippen LogP contribution in [-0.4, -0.2) is 50.0 Å². The number of benzene rings is 2. The van der Waals surface area contributed by atoms with Gasteiger partial charge in [0, 0.05) is 30.1 Å². The number of amides is 1. The van der Waals surface area contributed by atoms with Gasteiger partial charge in [-0.25, -0.2) is 17.8 Å². The Morgan fingerprint density at radius 2 is 1.74 bits per heavy atom. The molecule has 3 aromatic rings. The minimum absolute atomic E-state index is 0.0115. The number of aromatic nitrogens is 1. The van der Waals surface area contributed by atoms with Crippen LogP contribution in [0.3, 0.4) is 0 Å². The lowest BCUT2D eigenvalue weighted by Gasteiger charge is -2.21. The van der Waals surface area contributed by atoms with E-state index in [0.29, 0.717) is 30.2 Å². The predicted molar refractivity (Wildman–Crippen MR) is 143 cm³/mol. The van der Waals surface area contributed by atoms with Crippen molar-refractivity contribution in [2.45, 2.75) is 37.8 Å². The summed E-state index contributed by atoms with van der Waals surface area (Å²) in [6.45, 7) is 4.24. The molecule has 1 aromatic heterocycles. The normalized spacial score (nSPS) is 12.6. The maximum atomic E-state index is 14.0. The lowest BCUT2D eigenvalue weighted by Crippen LogP contribution is -2.32. The number of allylic oxidation sites excluding steroid dienone is 1. The molecular formula is C26H27F4N3O4S2. The SMILES string of the molecule is CCCN(CCC)S(=O)(=O)c1ccc(/C(=C/C(=O)Nc2nc(-c3ccc(OC)c(F)c3)cs2)C(F)(F)F)cc1. The molecule has 0 aliphatic carbocycles. The molecule has 0 radical (unpaired) electrons. The Morgan fingerprint density at radius 3 is 2.28 bits per heavy atom. The van der Waals surface area contributed by atoms with E-state index in [4.69, 9.17) is 4.74 Å². The number of alkyl halides is 3. The summed E-state index contributed by atoms with van der Waals surface area (Å²) in [7, 11) is -2.56. The fourth-order valence-electron chi connectivity index (χ4n) is 3.70. The molecule has 0 spiro atoms. The van der Waals surface area contributed by atoms with Gasteiger partial charge in [0.2, 0.25) is 10.0 Å². The molecule has 0 saturated heterocycles. The van der Waals surface area contributed by atoms with Crippen molar-refractivity contribution in [1.29, 1.82) is 0 Å². The lowest BCUT2D eigenvalue weighted by molar-refractivity contribution is -0.112.